The van der Waals surface area contributed by atoms with Crippen LogP contribution in [0.2, 0.25) is 0 Å². The van der Waals surface area contributed by atoms with Crippen LogP contribution in [0.15, 0.2) is 24.5 Å². The van der Waals surface area contributed by atoms with Gasteiger partial charge in [-0.2, -0.15) is 4.98 Å². The summed E-state index contributed by atoms with van der Waals surface area (Å²) in [4.78, 5) is 7.84. The molecule has 1 aromatic carbocycles. The van der Waals surface area contributed by atoms with E-state index in [1.807, 2.05) is 6.92 Å². The fourth-order valence-corrected chi connectivity index (χ4v) is 1.56. The maximum Gasteiger partial charge on any atom is 0.242 e. The van der Waals surface area contributed by atoms with Gasteiger partial charge in [0.15, 0.2) is 5.82 Å². The van der Waals surface area contributed by atoms with Crippen LogP contribution in [-0.4, -0.2) is 16.6 Å². The highest BCUT2D eigenvalue weighted by atomic mass is 19.1. The summed E-state index contributed by atoms with van der Waals surface area (Å²) in [7, 11) is 0. The summed E-state index contributed by atoms with van der Waals surface area (Å²) in [6.45, 7) is 2.42. The average molecular weight is 280 g/mol. The third-order valence-corrected chi connectivity index (χ3v) is 2.42. The molecule has 0 aliphatic rings. The molecule has 7 heteroatoms. The molecule has 0 saturated carbocycles. The van der Waals surface area contributed by atoms with Gasteiger partial charge in [-0.3, -0.25) is 0 Å². The Hall–Kier alpha value is -2.44. The van der Waals surface area contributed by atoms with Gasteiger partial charge in [0, 0.05) is 11.8 Å². The first kappa shape index (κ1) is 14.0. The smallest absolute Gasteiger partial charge is 0.242 e. The van der Waals surface area contributed by atoms with E-state index in [9.17, 15) is 8.78 Å². The van der Waals surface area contributed by atoms with Crippen molar-refractivity contribution < 1.29 is 13.5 Å². The second-order valence-corrected chi connectivity index (χ2v) is 4.07. The van der Waals surface area contributed by atoms with E-state index in [0.717, 1.165) is 24.6 Å². The van der Waals surface area contributed by atoms with Crippen LogP contribution < -0.4 is 15.8 Å². The Morgan fingerprint density at radius 1 is 1.20 bits per heavy atom. The number of aromatic nitrogens is 2. The summed E-state index contributed by atoms with van der Waals surface area (Å²) in [5, 5.41) is 2.73. The van der Waals surface area contributed by atoms with Crippen molar-refractivity contribution in [1.29, 1.82) is 0 Å². The van der Waals surface area contributed by atoms with E-state index in [1.54, 1.807) is 0 Å². The molecule has 0 radical (unpaired) electrons. The Balaban J connectivity index is 2.24. The maximum absolute atomic E-state index is 13.1. The molecule has 0 spiro atoms. The maximum atomic E-state index is 13.1. The third-order valence-electron chi connectivity index (χ3n) is 2.42. The lowest BCUT2D eigenvalue weighted by molar-refractivity contribution is 0.307. The van der Waals surface area contributed by atoms with Gasteiger partial charge in [-0.1, -0.05) is 6.92 Å². The van der Waals surface area contributed by atoms with Crippen LogP contribution in [0.4, 0.5) is 26.0 Å². The second-order valence-electron chi connectivity index (χ2n) is 4.07. The Morgan fingerprint density at radius 3 is 2.55 bits per heavy atom. The van der Waals surface area contributed by atoms with Crippen molar-refractivity contribution in [2.45, 2.75) is 13.3 Å². The normalized spacial score (nSPS) is 10.3. The summed E-state index contributed by atoms with van der Waals surface area (Å²) in [5.74, 6) is -0.914. The zero-order valence-corrected chi connectivity index (χ0v) is 10.9. The van der Waals surface area contributed by atoms with E-state index >= 15 is 0 Å². The number of nitrogens with one attached hydrogen (secondary N) is 1. The van der Waals surface area contributed by atoms with Crippen LogP contribution >= 0.6 is 0 Å². The van der Waals surface area contributed by atoms with Crippen molar-refractivity contribution in [3.63, 3.8) is 0 Å². The van der Waals surface area contributed by atoms with E-state index in [0.29, 0.717) is 6.61 Å². The predicted octanol–water partition coefficient (Wildman–Crippen LogP) is 2.87. The van der Waals surface area contributed by atoms with Crippen LogP contribution in [0.3, 0.4) is 0 Å². The number of rotatable bonds is 5. The first-order chi connectivity index (χ1) is 9.60. The standard InChI is InChI=1S/C13H14F2N4O/c1-2-3-20-13-11(16)12(17-7-18-13)19-10-5-8(14)4-9(15)6-10/h4-7H,2-3,16H2,1H3,(H,17,18,19). The number of hydrogen-bond donors (Lipinski definition) is 2. The molecule has 0 amide bonds. The lowest BCUT2D eigenvalue weighted by Crippen LogP contribution is -2.06. The Morgan fingerprint density at radius 2 is 1.90 bits per heavy atom. The van der Waals surface area contributed by atoms with Crippen molar-refractivity contribution in [2.24, 2.45) is 0 Å². The zero-order chi connectivity index (χ0) is 14.5. The molecular formula is C13H14F2N4O. The van der Waals surface area contributed by atoms with Gasteiger partial charge in [0.1, 0.15) is 23.6 Å². The number of hydrogen-bond acceptors (Lipinski definition) is 5. The first-order valence-corrected chi connectivity index (χ1v) is 6.06. The minimum Gasteiger partial charge on any atom is -0.476 e. The Kier molecular flexibility index (Phi) is 4.29. The van der Waals surface area contributed by atoms with Gasteiger partial charge in [-0.25, -0.2) is 13.8 Å². The van der Waals surface area contributed by atoms with Crippen LogP contribution in [0.25, 0.3) is 0 Å². The SMILES string of the molecule is CCCOc1ncnc(Nc2cc(F)cc(F)c2)c1N. The summed E-state index contributed by atoms with van der Waals surface area (Å²) < 4.78 is 31.6. The average Bonchev–Trinajstić information content (AvgIpc) is 2.38. The van der Waals surface area contributed by atoms with Crippen molar-refractivity contribution in [3.8, 4) is 5.88 Å². The van der Waals surface area contributed by atoms with Crippen LogP contribution in [0.5, 0.6) is 5.88 Å². The molecule has 0 saturated heterocycles. The molecule has 0 unspecified atom stereocenters. The van der Waals surface area contributed by atoms with E-state index in [2.05, 4.69) is 15.3 Å². The molecule has 2 aromatic rings. The molecule has 0 fully saturated rings. The zero-order valence-electron chi connectivity index (χ0n) is 10.9. The van der Waals surface area contributed by atoms with Gasteiger partial charge >= 0.3 is 0 Å². The third kappa shape index (κ3) is 3.31. The second kappa shape index (κ2) is 6.14. The number of halogens is 2. The fraction of sp³-hybridized carbons (Fsp3) is 0.231. The quantitative estimate of drug-likeness (QED) is 0.881. The number of nitrogens with zero attached hydrogens (tertiary/aromatic N) is 2. The monoisotopic (exact) mass is 280 g/mol. The van der Waals surface area contributed by atoms with Gasteiger partial charge in [0.25, 0.3) is 0 Å². The van der Waals surface area contributed by atoms with Gasteiger partial charge in [0.05, 0.1) is 6.61 Å². The minimum absolute atomic E-state index is 0.186. The van der Waals surface area contributed by atoms with E-state index < -0.39 is 11.6 Å². The Labute approximate surface area is 114 Å². The highest BCUT2D eigenvalue weighted by Crippen LogP contribution is 2.27. The molecule has 1 aromatic heterocycles. The molecule has 0 aliphatic carbocycles. The number of nitrogen functional groups attached to an aromatic ring is 1. The Bertz CT molecular complexity index is 587. The minimum atomic E-state index is -0.692. The molecule has 20 heavy (non-hydrogen) atoms. The highest BCUT2D eigenvalue weighted by Gasteiger charge is 2.10. The largest absolute Gasteiger partial charge is 0.476 e. The molecular weight excluding hydrogens is 266 g/mol. The topological polar surface area (TPSA) is 73.1 Å². The molecule has 3 N–H and O–H groups in total. The number of nitrogens with two attached hydrogens (primary N) is 1. The van der Waals surface area contributed by atoms with Crippen molar-refractivity contribution >= 4 is 17.2 Å². The fourth-order valence-electron chi connectivity index (χ4n) is 1.56. The van der Waals surface area contributed by atoms with Gasteiger partial charge in [-0.05, 0) is 18.6 Å². The molecule has 0 bridgehead atoms. The van der Waals surface area contributed by atoms with E-state index in [4.69, 9.17) is 10.5 Å². The van der Waals surface area contributed by atoms with Crippen LogP contribution in [-0.2, 0) is 0 Å². The highest BCUT2D eigenvalue weighted by molar-refractivity contribution is 5.72. The van der Waals surface area contributed by atoms with Crippen molar-refractivity contribution in [1.82, 2.24) is 9.97 Å². The molecule has 0 aliphatic heterocycles. The molecule has 0 atom stereocenters. The molecule has 1 heterocycles. The number of ether oxygens (including phenoxy) is 1. The van der Waals surface area contributed by atoms with Gasteiger partial charge in [-0.15, -0.1) is 0 Å². The number of benzene rings is 1. The molecule has 106 valence electrons. The van der Waals surface area contributed by atoms with Crippen LogP contribution in [0.1, 0.15) is 13.3 Å². The number of anilines is 3. The molecule has 2 rings (SSSR count). The lowest BCUT2D eigenvalue weighted by atomic mass is 10.3. The predicted molar refractivity (Wildman–Crippen MR) is 71.9 cm³/mol. The summed E-state index contributed by atoms with van der Waals surface area (Å²) in [6.07, 6.45) is 2.07. The van der Waals surface area contributed by atoms with Crippen molar-refractivity contribution in [3.05, 3.63) is 36.2 Å². The van der Waals surface area contributed by atoms with Crippen molar-refractivity contribution in [2.75, 3.05) is 17.7 Å². The lowest BCUT2D eigenvalue weighted by Gasteiger charge is -2.11. The first-order valence-electron chi connectivity index (χ1n) is 6.06. The summed E-state index contributed by atoms with van der Waals surface area (Å²) in [5.41, 5.74) is 6.24. The molecule has 5 nitrogen and oxygen atoms in total. The van der Waals surface area contributed by atoms with Gasteiger partial charge < -0.3 is 15.8 Å². The van der Waals surface area contributed by atoms with E-state index in [-0.39, 0.29) is 23.1 Å². The summed E-state index contributed by atoms with van der Waals surface area (Å²) >= 11 is 0. The van der Waals surface area contributed by atoms with Gasteiger partial charge in [0.2, 0.25) is 5.88 Å². The van der Waals surface area contributed by atoms with Crippen LogP contribution in [0, 0.1) is 11.6 Å². The van der Waals surface area contributed by atoms with E-state index in [1.165, 1.54) is 6.33 Å². The summed E-state index contributed by atoms with van der Waals surface area (Å²) in [6, 6.07) is 3.05.